The molecule has 0 aromatic carbocycles. The highest BCUT2D eigenvalue weighted by atomic mass is 16.1. The Kier molecular flexibility index (Phi) is 4.30. The zero-order chi connectivity index (χ0) is 17.2. The Labute approximate surface area is 146 Å². The molecule has 0 atom stereocenters. The molecule has 1 saturated carbocycles. The first kappa shape index (κ1) is 15.9. The molecular weight excluding hydrogens is 312 g/mol. The summed E-state index contributed by atoms with van der Waals surface area (Å²) < 4.78 is 1.65. The summed E-state index contributed by atoms with van der Waals surface area (Å²) in [5.74, 6) is 0.434. The van der Waals surface area contributed by atoms with Crippen molar-refractivity contribution in [2.75, 3.05) is 0 Å². The van der Waals surface area contributed by atoms with E-state index in [1.165, 1.54) is 19.3 Å². The number of aromatic nitrogens is 4. The minimum atomic E-state index is 0.0112. The summed E-state index contributed by atoms with van der Waals surface area (Å²) in [6.45, 7) is 2.57. The lowest BCUT2D eigenvalue weighted by Gasteiger charge is -2.22. The predicted octanol–water partition coefficient (Wildman–Crippen LogP) is 3.92. The van der Waals surface area contributed by atoms with Gasteiger partial charge in [-0.25, -0.2) is 4.98 Å². The molecule has 0 radical (unpaired) electrons. The van der Waals surface area contributed by atoms with Crippen LogP contribution in [0.1, 0.15) is 50.6 Å². The molecule has 0 N–H and O–H groups in total. The minimum absolute atomic E-state index is 0.0112. The van der Waals surface area contributed by atoms with Crippen molar-refractivity contribution >= 4 is 10.9 Å². The van der Waals surface area contributed by atoms with Gasteiger partial charge < -0.3 is 0 Å². The summed E-state index contributed by atoms with van der Waals surface area (Å²) in [5.41, 5.74) is 3.39. The second kappa shape index (κ2) is 6.75. The second-order valence-electron chi connectivity index (χ2n) is 6.70. The molecule has 3 aromatic rings. The lowest BCUT2D eigenvalue weighted by atomic mass is 9.86. The van der Waals surface area contributed by atoms with Crippen LogP contribution in [-0.4, -0.2) is 19.5 Å². The monoisotopic (exact) mass is 334 g/mol. The number of pyridine rings is 2. The first-order chi connectivity index (χ1) is 12.3. The number of nitrogens with zero attached hydrogens (tertiary/aromatic N) is 4. The molecule has 128 valence electrons. The molecule has 0 aliphatic heterocycles. The Morgan fingerprint density at radius 2 is 2.08 bits per heavy atom. The predicted molar refractivity (Wildman–Crippen MR) is 98.5 cm³/mol. The highest BCUT2D eigenvalue weighted by molar-refractivity contribution is 5.90. The molecule has 25 heavy (non-hydrogen) atoms. The second-order valence-corrected chi connectivity index (χ2v) is 6.70. The van der Waals surface area contributed by atoms with Crippen LogP contribution in [0, 0.1) is 0 Å². The summed E-state index contributed by atoms with van der Waals surface area (Å²) in [6.07, 6.45) is 11.2. The standard InChI is InChI=1S/C20H22N4O/c1-2-24-13-22-19-16(20(24)25)11-17(14-7-4-3-5-8-14)23-18(19)15-9-6-10-21-12-15/h6,9-14H,2-5,7-8H2,1H3. The van der Waals surface area contributed by atoms with Crippen molar-refractivity contribution in [2.45, 2.75) is 51.5 Å². The highest BCUT2D eigenvalue weighted by Gasteiger charge is 2.21. The molecule has 0 bridgehead atoms. The molecule has 0 unspecified atom stereocenters. The topological polar surface area (TPSA) is 60.7 Å². The van der Waals surface area contributed by atoms with Gasteiger partial charge in [-0.1, -0.05) is 19.3 Å². The molecule has 4 rings (SSSR count). The molecule has 1 fully saturated rings. The van der Waals surface area contributed by atoms with Crippen LogP contribution in [0.4, 0.5) is 0 Å². The van der Waals surface area contributed by atoms with Gasteiger partial charge in [0.2, 0.25) is 0 Å². The molecule has 0 spiro atoms. The van der Waals surface area contributed by atoms with Crippen molar-refractivity contribution in [1.29, 1.82) is 0 Å². The smallest absolute Gasteiger partial charge is 0.261 e. The van der Waals surface area contributed by atoms with Gasteiger partial charge in [0.25, 0.3) is 5.56 Å². The molecule has 0 amide bonds. The lowest BCUT2D eigenvalue weighted by Crippen LogP contribution is -2.20. The zero-order valence-electron chi connectivity index (χ0n) is 14.5. The Morgan fingerprint density at radius 1 is 1.24 bits per heavy atom. The van der Waals surface area contributed by atoms with Gasteiger partial charge in [0.15, 0.2) is 0 Å². The molecule has 5 nitrogen and oxygen atoms in total. The van der Waals surface area contributed by atoms with E-state index in [9.17, 15) is 4.79 Å². The van der Waals surface area contributed by atoms with Crippen LogP contribution in [0.3, 0.4) is 0 Å². The van der Waals surface area contributed by atoms with Gasteiger partial charge in [0, 0.05) is 36.1 Å². The molecule has 3 heterocycles. The van der Waals surface area contributed by atoms with Crippen molar-refractivity contribution in [3.63, 3.8) is 0 Å². The summed E-state index contributed by atoms with van der Waals surface area (Å²) in [4.78, 5) is 26.6. The number of rotatable bonds is 3. The summed E-state index contributed by atoms with van der Waals surface area (Å²) in [5, 5.41) is 0.666. The van der Waals surface area contributed by atoms with Gasteiger partial charge in [-0.05, 0) is 38.0 Å². The Balaban J connectivity index is 1.98. The third-order valence-corrected chi connectivity index (χ3v) is 5.13. The fraction of sp³-hybridized carbons (Fsp3) is 0.400. The van der Waals surface area contributed by atoms with E-state index in [2.05, 4.69) is 9.97 Å². The normalized spacial score (nSPS) is 15.6. The maximum atomic E-state index is 12.9. The third kappa shape index (κ3) is 2.95. The van der Waals surface area contributed by atoms with Gasteiger partial charge in [-0.3, -0.25) is 19.3 Å². The average Bonchev–Trinajstić information content (AvgIpc) is 2.69. The van der Waals surface area contributed by atoms with Gasteiger partial charge in [-0.2, -0.15) is 0 Å². The number of hydrogen-bond donors (Lipinski definition) is 0. The summed E-state index contributed by atoms with van der Waals surface area (Å²) >= 11 is 0. The van der Waals surface area contributed by atoms with Crippen molar-refractivity contribution < 1.29 is 0 Å². The number of hydrogen-bond acceptors (Lipinski definition) is 4. The molecule has 3 aromatic heterocycles. The first-order valence-electron chi connectivity index (χ1n) is 9.08. The van der Waals surface area contributed by atoms with Crippen LogP contribution in [0.25, 0.3) is 22.2 Å². The van der Waals surface area contributed by atoms with Crippen molar-refractivity contribution in [1.82, 2.24) is 19.5 Å². The third-order valence-electron chi connectivity index (χ3n) is 5.13. The van der Waals surface area contributed by atoms with Gasteiger partial charge >= 0.3 is 0 Å². The Morgan fingerprint density at radius 3 is 2.80 bits per heavy atom. The van der Waals surface area contributed by atoms with Gasteiger partial charge in [-0.15, -0.1) is 0 Å². The molecule has 1 aliphatic rings. The first-order valence-corrected chi connectivity index (χ1v) is 9.08. The number of fused-ring (bicyclic) bond motifs is 1. The van der Waals surface area contributed by atoms with E-state index in [0.717, 1.165) is 29.8 Å². The molecule has 0 saturated heterocycles. The Bertz CT molecular complexity index is 943. The average molecular weight is 334 g/mol. The van der Waals surface area contributed by atoms with Crippen LogP contribution in [0.2, 0.25) is 0 Å². The maximum absolute atomic E-state index is 12.9. The van der Waals surface area contributed by atoms with E-state index >= 15 is 0 Å². The van der Waals surface area contributed by atoms with Crippen LogP contribution in [0.5, 0.6) is 0 Å². The van der Waals surface area contributed by atoms with Gasteiger partial charge in [0.05, 0.1) is 17.4 Å². The van der Waals surface area contributed by atoms with Crippen molar-refractivity contribution in [2.24, 2.45) is 0 Å². The molecule has 1 aliphatic carbocycles. The van der Waals surface area contributed by atoms with E-state index in [1.54, 1.807) is 23.3 Å². The quantitative estimate of drug-likeness (QED) is 0.728. The lowest BCUT2D eigenvalue weighted by molar-refractivity contribution is 0.437. The molecular formula is C20H22N4O. The van der Waals surface area contributed by atoms with E-state index in [-0.39, 0.29) is 5.56 Å². The van der Waals surface area contributed by atoms with E-state index < -0.39 is 0 Å². The van der Waals surface area contributed by atoms with Crippen LogP contribution in [-0.2, 0) is 6.54 Å². The van der Waals surface area contributed by atoms with E-state index in [1.807, 2.05) is 25.1 Å². The minimum Gasteiger partial charge on any atom is -0.299 e. The highest BCUT2D eigenvalue weighted by Crippen LogP contribution is 2.34. The van der Waals surface area contributed by atoms with Crippen LogP contribution in [0.15, 0.2) is 41.7 Å². The zero-order valence-corrected chi connectivity index (χ0v) is 14.5. The van der Waals surface area contributed by atoms with Crippen molar-refractivity contribution in [3.8, 4) is 11.3 Å². The Hall–Kier alpha value is -2.56. The van der Waals surface area contributed by atoms with E-state index in [4.69, 9.17) is 4.98 Å². The van der Waals surface area contributed by atoms with Crippen molar-refractivity contribution in [3.05, 3.63) is 53.0 Å². The SMILES string of the molecule is CCn1cnc2c(-c3cccnc3)nc(C3CCCCC3)cc2c1=O. The van der Waals surface area contributed by atoms with Gasteiger partial charge in [0.1, 0.15) is 5.52 Å². The largest absolute Gasteiger partial charge is 0.299 e. The van der Waals surface area contributed by atoms with Crippen LogP contribution < -0.4 is 5.56 Å². The summed E-state index contributed by atoms with van der Waals surface area (Å²) in [7, 11) is 0. The maximum Gasteiger partial charge on any atom is 0.261 e. The molecule has 5 heteroatoms. The van der Waals surface area contributed by atoms with Crippen LogP contribution >= 0.6 is 0 Å². The number of aryl methyl sites for hydroxylation is 1. The van der Waals surface area contributed by atoms with E-state index in [0.29, 0.717) is 23.4 Å². The fourth-order valence-electron chi connectivity index (χ4n) is 3.72. The summed E-state index contributed by atoms with van der Waals surface area (Å²) in [6, 6.07) is 5.85. The fourth-order valence-corrected chi connectivity index (χ4v) is 3.72.